The second-order valence-electron chi connectivity index (χ2n) is 11.0. The predicted octanol–water partition coefficient (Wildman–Crippen LogP) is 5.87. The number of benzene rings is 1. The summed E-state index contributed by atoms with van der Waals surface area (Å²) >= 11 is 0. The quantitative estimate of drug-likeness (QED) is 0.342. The van der Waals surface area contributed by atoms with Crippen LogP contribution in [0.15, 0.2) is 36.5 Å². The lowest BCUT2D eigenvalue weighted by atomic mass is 9.92. The number of hydrogen-bond donors (Lipinski definition) is 1. The van der Waals surface area contributed by atoms with Gasteiger partial charge in [-0.25, -0.2) is 9.78 Å². The topological polar surface area (TPSA) is 110 Å². The van der Waals surface area contributed by atoms with Crippen LogP contribution in [0.3, 0.4) is 0 Å². The van der Waals surface area contributed by atoms with E-state index in [1.54, 1.807) is 11.1 Å². The second-order valence-corrected chi connectivity index (χ2v) is 11.0. The van der Waals surface area contributed by atoms with Crippen molar-refractivity contribution in [3.05, 3.63) is 52.2 Å². The van der Waals surface area contributed by atoms with E-state index >= 15 is 0 Å². The number of nitrogens with one attached hydrogen (secondary N) is 1. The summed E-state index contributed by atoms with van der Waals surface area (Å²) < 4.78 is 51.4. The highest BCUT2D eigenvalue weighted by molar-refractivity contribution is 5.68. The van der Waals surface area contributed by atoms with Gasteiger partial charge in [-0.15, -0.1) is 0 Å². The molecule has 1 aliphatic carbocycles. The van der Waals surface area contributed by atoms with Crippen LogP contribution in [0.2, 0.25) is 0 Å². The lowest BCUT2D eigenvalue weighted by Crippen LogP contribution is -2.50. The summed E-state index contributed by atoms with van der Waals surface area (Å²) in [6.45, 7) is 7.90. The van der Waals surface area contributed by atoms with Crippen molar-refractivity contribution in [3.8, 4) is 5.75 Å². The van der Waals surface area contributed by atoms with Crippen LogP contribution >= 0.6 is 0 Å². The zero-order chi connectivity index (χ0) is 29.1. The first-order valence-corrected chi connectivity index (χ1v) is 13.3. The van der Waals surface area contributed by atoms with E-state index in [0.717, 1.165) is 18.0 Å². The van der Waals surface area contributed by atoms with Crippen LogP contribution in [-0.4, -0.2) is 64.8 Å². The number of nitro groups is 1. The Balaban J connectivity index is 1.24. The van der Waals surface area contributed by atoms with Crippen LogP contribution in [0.5, 0.6) is 5.75 Å². The Bertz CT molecular complexity index is 1190. The summed E-state index contributed by atoms with van der Waals surface area (Å²) in [6.07, 6.45) is -0.749. The van der Waals surface area contributed by atoms with Crippen LogP contribution in [0.1, 0.15) is 52.0 Å². The number of rotatable bonds is 6. The molecular formula is C27H34F3N5O5. The maximum absolute atomic E-state index is 13.3. The van der Waals surface area contributed by atoms with Crippen molar-refractivity contribution in [2.45, 2.75) is 70.4 Å². The Kier molecular flexibility index (Phi) is 8.59. The average Bonchev–Trinajstić information content (AvgIpc) is 2.89. The molecule has 2 fully saturated rings. The Labute approximate surface area is 230 Å². The molecule has 2 heterocycles. The van der Waals surface area contributed by atoms with Crippen molar-refractivity contribution >= 4 is 23.3 Å². The molecule has 1 saturated heterocycles. The van der Waals surface area contributed by atoms with Gasteiger partial charge < -0.3 is 24.6 Å². The molecule has 218 valence electrons. The predicted molar refractivity (Wildman–Crippen MR) is 143 cm³/mol. The number of anilines is 2. The molecule has 0 radical (unpaired) electrons. The van der Waals surface area contributed by atoms with Gasteiger partial charge in [-0.3, -0.25) is 10.1 Å². The van der Waals surface area contributed by atoms with E-state index in [9.17, 15) is 28.1 Å². The lowest BCUT2D eigenvalue weighted by molar-refractivity contribution is -0.388. The van der Waals surface area contributed by atoms with E-state index in [1.165, 1.54) is 6.07 Å². The number of hydrogen-bond acceptors (Lipinski definition) is 8. The van der Waals surface area contributed by atoms with Crippen molar-refractivity contribution in [1.82, 2.24) is 9.88 Å². The summed E-state index contributed by atoms with van der Waals surface area (Å²) in [7, 11) is 0. The number of alkyl halides is 3. The first-order valence-electron chi connectivity index (χ1n) is 13.3. The Morgan fingerprint density at radius 1 is 1.05 bits per heavy atom. The smallest absolute Gasteiger partial charge is 0.423 e. The Morgan fingerprint density at radius 2 is 1.73 bits per heavy atom. The normalized spacial score (nSPS) is 20.1. The van der Waals surface area contributed by atoms with Gasteiger partial charge in [0.1, 0.15) is 22.7 Å². The lowest BCUT2D eigenvalue weighted by Gasteiger charge is -2.36. The van der Waals surface area contributed by atoms with E-state index < -0.39 is 28.0 Å². The molecule has 1 N–H and O–H groups in total. The molecule has 40 heavy (non-hydrogen) atoms. The van der Waals surface area contributed by atoms with E-state index in [1.807, 2.05) is 32.9 Å². The fourth-order valence-corrected chi connectivity index (χ4v) is 4.84. The van der Waals surface area contributed by atoms with Crippen molar-refractivity contribution in [2.24, 2.45) is 0 Å². The standard InChI is InChI=1S/C27H34F3N5O5/c1-26(2,3)40-25(36)34-14-12-33(13-15-34)24-11-9-21(17-31-24)39-20-7-4-18(5-8-20)32-19-6-10-23(35(37)38)22(16-19)27(28,29)30/h6,9-11,16-18,20,32H,4-5,7-8,12-15H2,1-3H3/t18-,20-. The maximum Gasteiger partial charge on any atom is 0.423 e. The fourth-order valence-electron chi connectivity index (χ4n) is 4.84. The van der Waals surface area contributed by atoms with Crippen molar-refractivity contribution in [3.63, 3.8) is 0 Å². The van der Waals surface area contributed by atoms with E-state index in [4.69, 9.17) is 9.47 Å². The minimum absolute atomic E-state index is 0.0503. The molecule has 0 unspecified atom stereocenters. The van der Waals surface area contributed by atoms with Gasteiger partial charge in [-0.05, 0) is 70.7 Å². The third kappa shape index (κ3) is 7.66. The number of halogens is 3. The summed E-state index contributed by atoms with van der Waals surface area (Å²) in [5.41, 5.74) is -2.55. The molecule has 1 amide bonds. The zero-order valence-electron chi connectivity index (χ0n) is 22.7. The monoisotopic (exact) mass is 565 g/mol. The maximum atomic E-state index is 13.3. The van der Waals surface area contributed by atoms with Crippen LogP contribution in [0.25, 0.3) is 0 Å². The van der Waals surface area contributed by atoms with Crippen LogP contribution in [0.4, 0.5) is 35.2 Å². The second kappa shape index (κ2) is 11.8. The van der Waals surface area contributed by atoms with Gasteiger partial charge in [0.25, 0.3) is 5.69 Å². The largest absolute Gasteiger partial charge is 0.489 e. The highest BCUT2D eigenvalue weighted by Crippen LogP contribution is 2.38. The molecule has 4 rings (SSSR count). The molecule has 0 bridgehead atoms. The molecular weight excluding hydrogens is 531 g/mol. The summed E-state index contributed by atoms with van der Waals surface area (Å²) in [6, 6.07) is 6.67. The molecule has 1 saturated carbocycles. The van der Waals surface area contributed by atoms with Crippen LogP contribution in [0, 0.1) is 10.1 Å². The van der Waals surface area contributed by atoms with Crippen molar-refractivity contribution in [1.29, 1.82) is 0 Å². The van der Waals surface area contributed by atoms with Gasteiger partial charge in [-0.1, -0.05) is 0 Å². The minimum Gasteiger partial charge on any atom is -0.489 e. The van der Waals surface area contributed by atoms with Crippen LogP contribution < -0.4 is 15.0 Å². The summed E-state index contributed by atoms with van der Waals surface area (Å²) in [5, 5.41) is 14.1. The van der Waals surface area contributed by atoms with E-state index in [-0.39, 0.29) is 23.9 Å². The molecule has 2 aromatic rings. The van der Waals surface area contributed by atoms with Gasteiger partial charge in [0.15, 0.2) is 0 Å². The molecule has 0 spiro atoms. The highest BCUT2D eigenvalue weighted by atomic mass is 19.4. The van der Waals surface area contributed by atoms with E-state index in [2.05, 4.69) is 15.2 Å². The number of ether oxygens (including phenoxy) is 2. The number of nitrogens with zero attached hydrogens (tertiary/aromatic N) is 4. The summed E-state index contributed by atoms with van der Waals surface area (Å²) in [4.78, 5) is 30.5. The molecule has 1 aliphatic heterocycles. The SMILES string of the molecule is CC(C)(C)OC(=O)N1CCN(c2ccc(O[C@H]3CC[C@H](Nc4ccc([N+](=O)[O-])c(C(F)(F)F)c4)CC3)cn2)CC1. The van der Waals surface area contributed by atoms with Crippen molar-refractivity contribution < 1.29 is 32.4 Å². The fraction of sp³-hybridized carbons (Fsp3) is 0.556. The van der Waals surface area contributed by atoms with Crippen LogP contribution in [-0.2, 0) is 10.9 Å². The van der Waals surface area contributed by atoms with Gasteiger partial charge in [0.05, 0.1) is 17.2 Å². The third-order valence-corrected chi connectivity index (χ3v) is 6.82. The first-order chi connectivity index (χ1) is 18.8. The number of aromatic nitrogens is 1. The Hall–Kier alpha value is -3.77. The molecule has 10 nitrogen and oxygen atoms in total. The number of pyridine rings is 1. The van der Waals surface area contributed by atoms with Gasteiger partial charge in [0.2, 0.25) is 0 Å². The zero-order valence-corrected chi connectivity index (χ0v) is 22.7. The molecule has 0 atom stereocenters. The molecule has 13 heteroatoms. The third-order valence-electron chi connectivity index (χ3n) is 6.82. The first kappa shape index (κ1) is 29.2. The van der Waals surface area contributed by atoms with Gasteiger partial charge >= 0.3 is 12.3 Å². The molecule has 1 aromatic heterocycles. The van der Waals surface area contributed by atoms with Gasteiger partial charge in [0, 0.05) is 44.0 Å². The number of piperazine rings is 1. The molecule has 1 aromatic carbocycles. The number of carbonyl (C=O) groups excluding carboxylic acids is 1. The average molecular weight is 566 g/mol. The minimum atomic E-state index is -4.82. The van der Waals surface area contributed by atoms with Crippen molar-refractivity contribution in [2.75, 3.05) is 36.4 Å². The number of nitro benzene ring substituents is 1. The summed E-state index contributed by atoms with van der Waals surface area (Å²) in [5.74, 6) is 1.43. The van der Waals surface area contributed by atoms with E-state index in [0.29, 0.717) is 57.6 Å². The molecule has 2 aliphatic rings. The van der Waals surface area contributed by atoms with Gasteiger partial charge in [-0.2, -0.15) is 13.2 Å². The highest BCUT2D eigenvalue weighted by Gasteiger charge is 2.38. The Morgan fingerprint density at radius 3 is 2.27 bits per heavy atom. The number of carbonyl (C=O) groups is 1. The number of amides is 1.